The Hall–Kier alpha value is -3.02. The van der Waals surface area contributed by atoms with Gasteiger partial charge in [-0.2, -0.15) is 5.26 Å². The number of thioether (sulfide) groups is 1. The van der Waals surface area contributed by atoms with Crippen LogP contribution in [0, 0.1) is 11.3 Å². The summed E-state index contributed by atoms with van der Waals surface area (Å²) in [5.41, 5.74) is 5.24. The lowest BCUT2D eigenvalue weighted by Gasteiger charge is -2.21. The molecule has 3 unspecified atom stereocenters. The first-order chi connectivity index (χ1) is 16.9. The number of aliphatic hydroxyl groups is 1. The number of aliphatic hydroxyl groups excluding tert-OH is 1. The first kappa shape index (κ1) is 23.7. The average Bonchev–Trinajstić information content (AvgIpc) is 3.59. The van der Waals surface area contributed by atoms with Gasteiger partial charge in [0.25, 0.3) is 0 Å². The van der Waals surface area contributed by atoms with E-state index in [0.717, 1.165) is 23.4 Å². The summed E-state index contributed by atoms with van der Waals surface area (Å²) in [6.07, 6.45) is 2.03. The second-order valence-electron chi connectivity index (χ2n) is 9.59. The number of likely N-dealkylation sites (tertiary alicyclic amines) is 1. The predicted molar refractivity (Wildman–Crippen MR) is 137 cm³/mol. The third-order valence-electron chi connectivity index (χ3n) is 6.77. The Kier molecular flexibility index (Phi) is 6.72. The third kappa shape index (κ3) is 4.89. The van der Waals surface area contributed by atoms with Crippen molar-refractivity contribution in [1.82, 2.24) is 10.2 Å². The lowest BCUT2D eigenvalue weighted by molar-refractivity contribution is 0.170. The molecule has 3 atom stereocenters. The lowest BCUT2D eigenvalue weighted by Crippen LogP contribution is -2.40. The van der Waals surface area contributed by atoms with Gasteiger partial charge < -0.3 is 20.1 Å². The zero-order valence-electron chi connectivity index (χ0n) is 20.0. The van der Waals surface area contributed by atoms with Crippen LogP contribution in [0.3, 0.4) is 0 Å². The summed E-state index contributed by atoms with van der Waals surface area (Å²) in [5, 5.41) is 23.7. The molecule has 35 heavy (non-hydrogen) atoms. The number of nitrogens with one attached hydrogen (secondary N) is 1. The number of hydrogen-bond donors (Lipinski definition) is 2. The summed E-state index contributed by atoms with van der Waals surface area (Å²) < 4.78 is 5.76. The van der Waals surface area contributed by atoms with Crippen LogP contribution in [0.4, 0.5) is 4.79 Å². The predicted octanol–water partition coefficient (Wildman–Crippen LogP) is 4.34. The zero-order valence-corrected chi connectivity index (χ0v) is 20.8. The lowest BCUT2D eigenvalue weighted by atomic mass is 9.99. The Morgan fingerprint density at radius 3 is 2.86 bits per heavy atom. The summed E-state index contributed by atoms with van der Waals surface area (Å²) in [5.74, 6) is 0.601. The van der Waals surface area contributed by atoms with Crippen molar-refractivity contribution >= 4 is 22.8 Å². The maximum absolute atomic E-state index is 12.7. The molecule has 2 amide bonds. The van der Waals surface area contributed by atoms with Crippen molar-refractivity contribution in [2.24, 2.45) is 4.99 Å². The first-order valence-electron chi connectivity index (χ1n) is 12.2. The highest BCUT2D eigenvalue weighted by Gasteiger charge is 2.33. The highest BCUT2D eigenvalue weighted by molar-refractivity contribution is 8.14. The Bertz CT molecular complexity index is 1210. The van der Waals surface area contributed by atoms with Crippen LogP contribution in [0.25, 0.3) is 0 Å². The summed E-state index contributed by atoms with van der Waals surface area (Å²) in [6, 6.07) is 14.2. The number of aliphatic imine (C=N–C) groups is 1. The van der Waals surface area contributed by atoms with Crippen LogP contribution in [-0.2, 0) is 6.42 Å². The minimum atomic E-state index is -0.417. The largest absolute Gasteiger partial charge is 0.490 e. The number of benzene rings is 2. The molecule has 2 aliphatic heterocycles. The highest BCUT2D eigenvalue weighted by Crippen LogP contribution is 2.43. The van der Waals surface area contributed by atoms with E-state index in [9.17, 15) is 15.2 Å². The molecule has 3 aliphatic rings. The van der Waals surface area contributed by atoms with Gasteiger partial charge in [0, 0.05) is 18.7 Å². The van der Waals surface area contributed by atoms with Gasteiger partial charge in [-0.3, -0.25) is 4.99 Å². The smallest absolute Gasteiger partial charge is 0.317 e. The first-order valence-corrected chi connectivity index (χ1v) is 13.1. The van der Waals surface area contributed by atoms with Gasteiger partial charge in [0.05, 0.1) is 40.7 Å². The van der Waals surface area contributed by atoms with Gasteiger partial charge in [0.2, 0.25) is 0 Å². The van der Waals surface area contributed by atoms with Gasteiger partial charge in [0.1, 0.15) is 11.8 Å². The van der Waals surface area contributed by atoms with E-state index in [1.807, 2.05) is 32.0 Å². The SMILES string of the molecule is CC(C)Oc1ccc(C2=NCC(c3cccc4c3CCC4NC(=O)N3CCC(O)C3)S2)cc1C#N. The summed E-state index contributed by atoms with van der Waals surface area (Å²) in [7, 11) is 0. The fraction of sp³-hybridized carbons (Fsp3) is 0.444. The standard InChI is InChI=1S/C27H30N4O3S/c1-16(2)34-24-9-6-17(12-18(24)13-28)26-29-14-25(35-26)22-5-3-4-21-20(22)7-8-23(21)30-27(33)31-11-10-19(32)15-31/h3-6,9,12,16,19,23,25,32H,7-8,10-11,14-15H2,1-2H3,(H,30,33). The molecule has 0 bridgehead atoms. The number of rotatable bonds is 5. The second kappa shape index (κ2) is 9.92. The van der Waals surface area contributed by atoms with Crippen molar-refractivity contribution < 1.29 is 14.6 Å². The molecule has 0 aromatic heterocycles. The monoisotopic (exact) mass is 490 g/mol. The number of amides is 2. The zero-order chi connectivity index (χ0) is 24.5. The number of urea groups is 1. The van der Waals surface area contributed by atoms with Crippen molar-refractivity contribution in [3.63, 3.8) is 0 Å². The van der Waals surface area contributed by atoms with Crippen LogP contribution in [0.5, 0.6) is 5.75 Å². The molecule has 7 nitrogen and oxygen atoms in total. The van der Waals surface area contributed by atoms with Crippen LogP contribution in [0.15, 0.2) is 41.4 Å². The molecule has 2 heterocycles. The molecule has 1 fully saturated rings. The third-order valence-corrected chi connectivity index (χ3v) is 8.04. The Morgan fingerprint density at radius 2 is 2.11 bits per heavy atom. The molecule has 1 saturated heterocycles. The number of nitrogens with zero attached hydrogens (tertiary/aromatic N) is 3. The van der Waals surface area contributed by atoms with E-state index in [1.165, 1.54) is 16.7 Å². The van der Waals surface area contributed by atoms with Crippen molar-refractivity contribution in [3.05, 3.63) is 64.2 Å². The number of hydrogen-bond acceptors (Lipinski definition) is 6. The van der Waals surface area contributed by atoms with Crippen molar-refractivity contribution in [3.8, 4) is 11.8 Å². The van der Waals surface area contributed by atoms with Crippen LogP contribution < -0.4 is 10.1 Å². The maximum Gasteiger partial charge on any atom is 0.317 e. The van der Waals surface area contributed by atoms with Gasteiger partial charge in [-0.1, -0.05) is 30.0 Å². The van der Waals surface area contributed by atoms with E-state index in [4.69, 9.17) is 9.73 Å². The fourth-order valence-electron chi connectivity index (χ4n) is 5.10. The van der Waals surface area contributed by atoms with Gasteiger partial charge in [0.15, 0.2) is 0 Å². The Balaban J connectivity index is 1.29. The molecule has 0 radical (unpaired) electrons. The van der Waals surface area contributed by atoms with Gasteiger partial charge in [-0.05, 0) is 68.0 Å². The number of carbonyl (C=O) groups is 1. The van der Waals surface area contributed by atoms with E-state index in [0.29, 0.717) is 37.4 Å². The summed E-state index contributed by atoms with van der Waals surface area (Å²) in [6.45, 7) is 5.58. The normalized spacial score (nSPS) is 23.2. The summed E-state index contributed by atoms with van der Waals surface area (Å²) in [4.78, 5) is 19.2. The van der Waals surface area contributed by atoms with E-state index in [-0.39, 0.29) is 23.4 Å². The van der Waals surface area contributed by atoms with Crippen LogP contribution in [0.1, 0.15) is 65.8 Å². The van der Waals surface area contributed by atoms with Crippen LogP contribution in [0.2, 0.25) is 0 Å². The molecule has 5 rings (SSSR count). The van der Waals surface area contributed by atoms with Crippen molar-refractivity contribution in [2.45, 2.75) is 56.6 Å². The van der Waals surface area contributed by atoms with Crippen LogP contribution in [-0.4, -0.2) is 52.9 Å². The number of fused-ring (bicyclic) bond motifs is 1. The minimum Gasteiger partial charge on any atom is -0.490 e. The van der Waals surface area contributed by atoms with Gasteiger partial charge in [-0.25, -0.2) is 4.79 Å². The fourth-order valence-corrected chi connectivity index (χ4v) is 6.28. The molecule has 2 aromatic rings. The summed E-state index contributed by atoms with van der Waals surface area (Å²) >= 11 is 1.73. The molecular weight excluding hydrogens is 460 g/mol. The maximum atomic E-state index is 12.7. The van der Waals surface area contributed by atoms with Gasteiger partial charge in [-0.15, -0.1) is 0 Å². The Morgan fingerprint density at radius 1 is 1.29 bits per heavy atom. The molecule has 2 aromatic carbocycles. The highest BCUT2D eigenvalue weighted by atomic mass is 32.2. The molecular formula is C27H30N4O3S. The average molecular weight is 491 g/mol. The van der Waals surface area contributed by atoms with Crippen LogP contribution >= 0.6 is 11.8 Å². The van der Waals surface area contributed by atoms with E-state index >= 15 is 0 Å². The molecule has 0 spiro atoms. The van der Waals surface area contributed by atoms with E-state index in [1.54, 1.807) is 16.7 Å². The van der Waals surface area contributed by atoms with E-state index in [2.05, 4.69) is 29.6 Å². The molecule has 182 valence electrons. The van der Waals surface area contributed by atoms with Crippen molar-refractivity contribution in [1.29, 1.82) is 5.26 Å². The Labute approximate surface area is 210 Å². The molecule has 8 heteroatoms. The van der Waals surface area contributed by atoms with E-state index < -0.39 is 6.10 Å². The molecule has 1 aliphatic carbocycles. The minimum absolute atomic E-state index is 0.00579. The number of β-amino-alcohol motifs (C(OH)–C–C–N with tert-alkyl or cyclic N) is 1. The molecule has 0 saturated carbocycles. The van der Waals surface area contributed by atoms with Crippen molar-refractivity contribution in [2.75, 3.05) is 19.6 Å². The quantitative estimate of drug-likeness (QED) is 0.650. The number of nitriles is 1. The number of carbonyl (C=O) groups excluding carboxylic acids is 1. The number of ether oxygens (including phenoxy) is 1. The second-order valence-corrected chi connectivity index (χ2v) is 10.8. The topological polar surface area (TPSA) is 97.9 Å². The van der Waals surface area contributed by atoms with Gasteiger partial charge >= 0.3 is 6.03 Å². The molecule has 2 N–H and O–H groups in total.